The minimum atomic E-state index is 0.455. The second-order valence-electron chi connectivity index (χ2n) is 6.48. The lowest BCUT2D eigenvalue weighted by molar-refractivity contribution is 0.0164. The van der Waals surface area contributed by atoms with E-state index in [2.05, 4.69) is 64.2 Å². The lowest BCUT2D eigenvalue weighted by Crippen LogP contribution is -2.48. The molecule has 0 spiro atoms. The molecule has 0 amide bonds. The summed E-state index contributed by atoms with van der Waals surface area (Å²) in [5, 5.41) is 7.92. The maximum absolute atomic E-state index is 4.60. The van der Waals surface area contributed by atoms with Crippen molar-refractivity contribution in [2.75, 3.05) is 0 Å². The van der Waals surface area contributed by atoms with Crippen LogP contribution in [0.4, 0.5) is 0 Å². The van der Waals surface area contributed by atoms with Gasteiger partial charge in [-0.3, -0.25) is 5.10 Å². The molecule has 2 aromatic rings. The fourth-order valence-corrected chi connectivity index (χ4v) is 4.08. The van der Waals surface area contributed by atoms with E-state index in [9.17, 15) is 0 Å². The van der Waals surface area contributed by atoms with Gasteiger partial charge in [0, 0.05) is 27.2 Å². The lowest BCUT2D eigenvalue weighted by atomic mass is 9.48. The van der Waals surface area contributed by atoms with E-state index in [4.69, 9.17) is 0 Å². The van der Waals surface area contributed by atoms with Gasteiger partial charge in [0.2, 0.25) is 0 Å². The molecule has 1 N–H and O–H groups in total. The molecule has 1 heterocycles. The molecular weight excluding hydrogens is 300 g/mol. The molecule has 2 unspecified atom stereocenters. The smallest absolute Gasteiger partial charge is 0.0955 e. The number of benzene rings is 1. The summed E-state index contributed by atoms with van der Waals surface area (Å²) < 4.78 is 1.12. The average Bonchev–Trinajstić information content (AvgIpc) is 2.83. The number of hydrogen-bond donors (Lipinski definition) is 1. The highest BCUT2D eigenvalue weighted by Crippen LogP contribution is 2.62. The molecule has 0 radical (unpaired) electrons. The SMILES string of the molecule is CC1(C)C2Cc3c(-c4ccc(Br)cc4)n[nH]c3C1C2. The number of nitrogens with zero attached hydrogens (tertiary/aromatic N) is 1. The Morgan fingerprint density at radius 2 is 2.00 bits per heavy atom. The second kappa shape index (κ2) is 3.72. The highest BCUT2D eigenvalue weighted by Gasteiger charge is 2.54. The van der Waals surface area contributed by atoms with Gasteiger partial charge in [-0.15, -0.1) is 0 Å². The summed E-state index contributed by atoms with van der Waals surface area (Å²) in [5.41, 5.74) is 5.69. The highest BCUT2D eigenvalue weighted by molar-refractivity contribution is 9.10. The van der Waals surface area contributed by atoms with E-state index in [-0.39, 0.29) is 0 Å². The monoisotopic (exact) mass is 316 g/mol. The minimum absolute atomic E-state index is 0.455. The second-order valence-corrected chi connectivity index (χ2v) is 7.40. The van der Waals surface area contributed by atoms with E-state index in [0.717, 1.165) is 16.1 Å². The Kier molecular flexibility index (Phi) is 2.29. The van der Waals surface area contributed by atoms with Gasteiger partial charge in [-0.25, -0.2) is 0 Å². The third kappa shape index (κ3) is 1.51. The zero-order valence-corrected chi connectivity index (χ0v) is 12.8. The summed E-state index contributed by atoms with van der Waals surface area (Å²) in [6, 6.07) is 8.46. The van der Waals surface area contributed by atoms with Crippen LogP contribution in [0.15, 0.2) is 28.7 Å². The summed E-state index contributed by atoms with van der Waals surface area (Å²) in [6.07, 6.45) is 2.52. The van der Waals surface area contributed by atoms with Gasteiger partial charge in [0.1, 0.15) is 0 Å². The van der Waals surface area contributed by atoms with Crippen LogP contribution in [-0.4, -0.2) is 10.2 Å². The molecule has 3 aliphatic rings. The Morgan fingerprint density at radius 1 is 1.26 bits per heavy atom. The molecule has 98 valence electrons. The van der Waals surface area contributed by atoms with Crippen molar-refractivity contribution in [3.63, 3.8) is 0 Å². The Balaban J connectivity index is 1.80. The molecule has 3 heteroatoms. The summed E-state index contributed by atoms with van der Waals surface area (Å²) in [5.74, 6) is 1.51. The molecule has 1 aromatic carbocycles. The Morgan fingerprint density at radius 3 is 2.68 bits per heavy atom. The van der Waals surface area contributed by atoms with Gasteiger partial charge in [0.15, 0.2) is 0 Å². The molecule has 0 aliphatic heterocycles. The molecular formula is C16H17BrN2. The van der Waals surface area contributed by atoms with Gasteiger partial charge in [0.25, 0.3) is 0 Å². The number of nitrogens with one attached hydrogen (secondary N) is 1. The Hall–Kier alpha value is -1.09. The minimum Gasteiger partial charge on any atom is -0.281 e. The van der Waals surface area contributed by atoms with E-state index in [1.807, 2.05) is 0 Å². The molecule has 0 saturated heterocycles. The van der Waals surface area contributed by atoms with Gasteiger partial charge in [-0.05, 0) is 36.3 Å². The van der Waals surface area contributed by atoms with Crippen molar-refractivity contribution in [1.82, 2.24) is 10.2 Å². The topological polar surface area (TPSA) is 28.7 Å². The van der Waals surface area contributed by atoms with Crippen molar-refractivity contribution < 1.29 is 0 Å². The van der Waals surface area contributed by atoms with Crippen LogP contribution >= 0.6 is 15.9 Å². The predicted molar refractivity (Wildman–Crippen MR) is 80.1 cm³/mol. The first-order valence-electron chi connectivity index (χ1n) is 6.90. The van der Waals surface area contributed by atoms with Gasteiger partial charge >= 0.3 is 0 Å². The summed E-state index contributed by atoms with van der Waals surface area (Å²) >= 11 is 3.49. The van der Waals surface area contributed by atoms with Crippen LogP contribution < -0.4 is 0 Å². The molecule has 2 bridgehead atoms. The maximum Gasteiger partial charge on any atom is 0.0955 e. The lowest BCUT2D eigenvalue weighted by Gasteiger charge is -2.55. The molecule has 2 atom stereocenters. The standard InChI is InChI=1S/C16H17BrN2/c1-16(2)10-7-12-14(9-3-5-11(17)6-4-9)18-19-15(12)13(16)8-10/h3-6,10,13H,7-8H2,1-2H3,(H,18,19). The van der Waals surface area contributed by atoms with Crippen LogP contribution in [0.1, 0.15) is 37.4 Å². The van der Waals surface area contributed by atoms with Crippen molar-refractivity contribution >= 4 is 15.9 Å². The third-order valence-electron chi connectivity index (χ3n) is 5.29. The quantitative estimate of drug-likeness (QED) is 0.823. The number of H-pyrrole nitrogens is 1. The third-order valence-corrected chi connectivity index (χ3v) is 5.81. The zero-order chi connectivity index (χ0) is 13.2. The van der Waals surface area contributed by atoms with Crippen molar-refractivity contribution in [3.05, 3.63) is 40.0 Å². The van der Waals surface area contributed by atoms with E-state index >= 15 is 0 Å². The van der Waals surface area contributed by atoms with Gasteiger partial charge in [-0.2, -0.15) is 5.10 Å². The highest BCUT2D eigenvalue weighted by atomic mass is 79.9. The largest absolute Gasteiger partial charge is 0.281 e. The summed E-state index contributed by atoms with van der Waals surface area (Å²) in [4.78, 5) is 0. The number of aromatic amines is 1. The molecule has 5 rings (SSSR count). The van der Waals surface area contributed by atoms with Gasteiger partial charge in [-0.1, -0.05) is 41.9 Å². The first-order chi connectivity index (χ1) is 9.07. The van der Waals surface area contributed by atoms with Crippen LogP contribution in [0.5, 0.6) is 0 Å². The molecule has 19 heavy (non-hydrogen) atoms. The molecule has 1 saturated carbocycles. The Labute approximate surface area is 121 Å². The van der Waals surface area contributed by atoms with E-state index in [0.29, 0.717) is 11.3 Å². The molecule has 2 nitrogen and oxygen atoms in total. The fraction of sp³-hybridized carbons (Fsp3) is 0.438. The molecule has 1 aromatic heterocycles. The number of rotatable bonds is 1. The van der Waals surface area contributed by atoms with Crippen molar-refractivity contribution in [2.24, 2.45) is 11.3 Å². The number of halogens is 1. The van der Waals surface area contributed by atoms with Crippen LogP contribution in [-0.2, 0) is 6.42 Å². The molecule has 3 aliphatic carbocycles. The number of hydrogen-bond acceptors (Lipinski definition) is 1. The fourth-order valence-electron chi connectivity index (χ4n) is 3.82. The summed E-state index contributed by atoms with van der Waals surface area (Å²) in [7, 11) is 0. The normalized spacial score (nSPS) is 26.7. The van der Waals surface area contributed by atoms with Crippen LogP contribution in [0, 0.1) is 11.3 Å². The van der Waals surface area contributed by atoms with Crippen LogP contribution in [0.25, 0.3) is 11.3 Å². The first-order valence-corrected chi connectivity index (χ1v) is 7.69. The number of aromatic nitrogens is 2. The van der Waals surface area contributed by atoms with Gasteiger partial charge in [0.05, 0.1) is 5.69 Å². The van der Waals surface area contributed by atoms with Crippen molar-refractivity contribution in [3.8, 4) is 11.3 Å². The van der Waals surface area contributed by atoms with Crippen LogP contribution in [0.3, 0.4) is 0 Å². The van der Waals surface area contributed by atoms with Crippen molar-refractivity contribution in [1.29, 1.82) is 0 Å². The summed E-state index contributed by atoms with van der Waals surface area (Å²) in [6.45, 7) is 4.80. The Bertz CT molecular complexity index is 639. The zero-order valence-electron chi connectivity index (χ0n) is 11.2. The van der Waals surface area contributed by atoms with E-state index in [1.165, 1.54) is 29.7 Å². The maximum atomic E-state index is 4.60. The van der Waals surface area contributed by atoms with Crippen LogP contribution in [0.2, 0.25) is 0 Å². The average molecular weight is 317 g/mol. The predicted octanol–water partition coefficient (Wildman–Crippen LogP) is 4.53. The first kappa shape index (κ1) is 11.7. The van der Waals surface area contributed by atoms with Crippen molar-refractivity contribution in [2.45, 2.75) is 32.6 Å². The van der Waals surface area contributed by atoms with E-state index < -0.39 is 0 Å². The van der Waals surface area contributed by atoms with Gasteiger partial charge < -0.3 is 0 Å². The van der Waals surface area contributed by atoms with E-state index in [1.54, 1.807) is 0 Å². The molecule has 1 fully saturated rings.